The van der Waals surface area contributed by atoms with Crippen molar-refractivity contribution in [1.29, 1.82) is 0 Å². The van der Waals surface area contributed by atoms with Crippen LogP contribution in [0.25, 0.3) is 0 Å². The first-order valence-electron chi connectivity index (χ1n) is 6.91. The van der Waals surface area contributed by atoms with Crippen LogP contribution in [0.2, 0.25) is 0 Å². The highest BCUT2D eigenvalue weighted by Crippen LogP contribution is 2.29. The molecule has 1 fully saturated rings. The Morgan fingerprint density at radius 2 is 2.00 bits per heavy atom. The minimum absolute atomic E-state index is 0.00929. The first-order valence-corrected chi connectivity index (χ1v) is 8.39. The Kier molecular flexibility index (Phi) is 4.53. The highest BCUT2D eigenvalue weighted by atomic mass is 32.2. The van der Waals surface area contributed by atoms with Crippen molar-refractivity contribution in [2.24, 2.45) is 0 Å². The number of carboxylic acids is 1. The van der Waals surface area contributed by atoms with Gasteiger partial charge in [-0.1, -0.05) is 12.1 Å². The second-order valence-electron chi connectivity index (χ2n) is 5.48. The molecule has 0 unspecified atom stereocenters. The Hall–Kier alpha value is -1.60. The molecule has 0 radical (unpaired) electrons. The number of sulfonamides is 1. The molecule has 1 aromatic rings. The minimum Gasteiger partial charge on any atom is -0.480 e. The van der Waals surface area contributed by atoms with E-state index in [-0.39, 0.29) is 23.5 Å². The second kappa shape index (κ2) is 6.03. The van der Waals surface area contributed by atoms with Gasteiger partial charge in [0.2, 0.25) is 10.0 Å². The first-order chi connectivity index (χ1) is 9.81. The van der Waals surface area contributed by atoms with Crippen molar-refractivity contribution in [2.75, 3.05) is 11.4 Å². The summed E-state index contributed by atoms with van der Waals surface area (Å²) in [6.45, 7) is 3.43. The Morgan fingerprint density at radius 1 is 1.38 bits per heavy atom. The summed E-state index contributed by atoms with van der Waals surface area (Å²) >= 11 is 0. The number of para-hydroxylation sites is 1. The molecule has 0 aromatic heterocycles. The number of aliphatic carboxylic acids is 1. The summed E-state index contributed by atoms with van der Waals surface area (Å²) in [6.07, 6.45) is 1.70. The van der Waals surface area contributed by atoms with Gasteiger partial charge in [-0.3, -0.25) is 4.79 Å². The van der Waals surface area contributed by atoms with E-state index in [1.165, 1.54) is 6.07 Å². The molecular weight excluding hydrogens is 292 g/mol. The van der Waals surface area contributed by atoms with Crippen LogP contribution in [0, 0.1) is 0 Å². The van der Waals surface area contributed by atoms with E-state index in [2.05, 4.69) is 4.72 Å². The van der Waals surface area contributed by atoms with Gasteiger partial charge in [-0.25, -0.2) is 13.1 Å². The van der Waals surface area contributed by atoms with Crippen LogP contribution in [0.1, 0.15) is 26.7 Å². The SMILES string of the molecule is CC(C)N(CC(=O)O)c1ccccc1S(=O)(=O)NC1CC1. The maximum absolute atomic E-state index is 12.4. The topological polar surface area (TPSA) is 86.7 Å². The van der Waals surface area contributed by atoms with Crippen LogP contribution in [0.15, 0.2) is 29.2 Å². The molecule has 0 atom stereocenters. The van der Waals surface area contributed by atoms with Crippen molar-refractivity contribution in [3.8, 4) is 0 Å². The van der Waals surface area contributed by atoms with Gasteiger partial charge in [-0.2, -0.15) is 0 Å². The lowest BCUT2D eigenvalue weighted by molar-refractivity contribution is -0.135. The molecule has 0 heterocycles. The third-order valence-electron chi connectivity index (χ3n) is 3.29. The van der Waals surface area contributed by atoms with Crippen LogP contribution >= 0.6 is 0 Å². The number of anilines is 1. The number of rotatable bonds is 7. The fourth-order valence-electron chi connectivity index (χ4n) is 2.10. The number of carbonyl (C=O) groups is 1. The third-order valence-corrected chi connectivity index (χ3v) is 4.86. The molecule has 1 aliphatic carbocycles. The van der Waals surface area contributed by atoms with Gasteiger partial charge in [0.05, 0.1) is 5.69 Å². The van der Waals surface area contributed by atoms with Crippen LogP contribution < -0.4 is 9.62 Å². The fourth-order valence-corrected chi connectivity index (χ4v) is 3.62. The lowest BCUT2D eigenvalue weighted by atomic mass is 10.2. The Morgan fingerprint density at radius 3 is 2.52 bits per heavy atom. The number of nitrogens with zero attached hydrogens (tertiary/aromatic N) is 1. The van der Waals surface area contributed by atoms with Crippen molar-refractivity contribution in [3.63, 3.8) is 0 Å². The van der Waals surface area contributed by atoms with Crippen molar-refractivity contribution in [1.82, 2.24) is 4.72 Å². The molecule has 2 rings (SSSR count). The quantitative estimate of drug-likeness (QED) is 0.795. The predicted molar refractivity (Wildman–Crippen MR) is 79.9 cm³/mol. The molecule has 7 heteroatoms. The van der Waals surface area contributed by atoms with E-state index in [1.54, 1.807) is 23.1 Å². The molecule has 1 saturated carbocycles. The molecule has 1 aromatic carbocycles. The summed E-state index contributed by atoms with van der Waals surface area (Å²) in [7, 11) is -3.63. The summed E-state index contributed by atoms with van der Waals surface area (Å²) in [5, 5.41) is 9.04. The molecule has 0 amide bonds. The monoisotopic (exact) mass is 312 g/mol. The number of nitrogens with one attached hydrogen (secondary N) is 1. The minimum atomic E-state index is -3.63. The number of hydrogen-bond donors (Lipinski definition) is 2. The number of carboxylic acid groups (broad SMARTS) is 1. The van der Waals surface area contributed by atoms with Gasteiger partial charge in [-0.05, 0) is 38.8 Å². The van der Waals surface area contributed by atoms with E-state index in [1.807, 2.05) is 13.8 Å². The first kappa shape index (κ1) is 15.8. The van der Waals surface area contributed by atoms with Crippen LogP contribution in [0.4, 0.5) is 5.69 Å². The summed E-state index contributed by atoms with van der Waals surface area (Å²) in [4.78, 5) is 12.7. The maximum atomic E-state index is 12.4. The molecule has 1 aliphatic rings. The van der Waals surface area contributed by atoms with Crippen molar-refractivity contribution < 1.29 is 18.3 Å². The third kappa shape index (κ3) is 3.95. The molecule has 6 nitrogen and oxygen atoms in total. The van der Waals surface area contributed by atoms with Gasteiger partial charge >= 0.3 is 5.97 Å². The Labute approximate surface area is 124 Å². The van der Waals surface area contributed by atoms with E-state index in [9.17, 15) is 13.2 Å². The average Bonchev–Trinajstić information content (AvgIpc) is 3.18. The zero-order chi connectivity index (χ0) is 15.6. The molecule has 2 N–H and O–H groups in total. The largest absolute Gasteiger partial charge is 0.480 e. The summed E-state index contributed by atoms with van der Waals surface area (Å²) < 4.78 is 27.5. The van der Waals surface area contributed by atoms with Gasteiger partial charge in [0.25, 0.3) is 0 Å². The zero-order valence-electron chi connectivity index (χ0n) is 12.1. The van der Waals surface area contributed by atoms with E-state index < -0.39 is 16.0 Å². The molecular formula is C14H20N2O4S. The lowest BCUT2D eigenvalue weighted by Crippen LogP contribution is -2.37. The lowest BCUT2D eigenvalue weighted by Gasteiger charge is -2.29. The predicted octanol–water partition coefficient (Wildman–Crippen LogP) is 1.43. The zero-order valence-corrected chi connectivity index (χ0v) is 12.9. The molecule has 0 spiro atoms. The van der Waals surface area contributed by atoms with Crippen LogP contribution in [-0.4, -0.2) is 38.1 Å². The van der Waals surface area contributed by atoms with Crippen LogP contribution in [-0.2, 0) is 14.8 Å². The van der Waals surface area contributed by atoms with E-state index in [0.717, 1.165) is 12.8 Å². The van der Waals surface area contributed by atoms with Gasteiger partial charge in [0.1, 0.15) is 11.4 Å². The molecule has 0 saturated heterocycles. The highest BCUT2D eigenvalue weighted by Gasteiger charge is 2.30. The summed E-state index contributed by atoms with van der Waals surface area (Å²) in [6, 6.07) is 6.39. The second-order valence-corrected chi connectivity index (χ2v) is 7.16. The number of hydrogen-bond acceptors (Lipinski definition) is 4. The van der Waals surface area contributed by atoms with Gasteiger partial charge in [0, 0.05) is 12.1 Å². The maximum Gasteiger partial charge on any atom is 0.323 e. The van der Waals surface area contributed by atoms with E-state index in [0.29, 0.717) is 5.69 Å². The average molecular weight is 312 g/mol. The molecule has 21 heavy (non-hydrogen) atoms. The van der Waals surface area contributed by atoms with Gasteiger partial charge in [0.15, 0.2) is 0 Å². The molecule has 116 valence electrons. The van der Waals surface area contributed by atoms with Crippen molar-refractivity contribution >= 4 is 21.7 Å². The normalized spacial score (nSPS) is 15.2. The van der Waals surface area contributed by atoms with Crippen molar-refractivity contribution in [2.45, 2.75) is 43.7 Å². The highest BCUT2D eigenvalue weighted by molar-refractivity contribution is 7.89. The van der Waals surface area contributed by atoms with Gasteiger partial charge in [-0.15, -0.1) is 0 Å². The summed E-state index contributed by atoms with van der Waals surface area (Å²) in [5.41, 5.74) is 0.419. The van der Waals surface area contributed by atoms with Crippen LogP contribution in [0.3, 0.4) is 0 Å². The Balaban J connectivity index is 2.40. The van der Waals surface area contributed by atoms with Crippen LogP contribution in [0.5, 0.6) is 0 Å². The molecule has 0 bridgehead atoms. The van der Waals surface area contributed by atoms with E-state index >= 15 is 0 Å². The fraction of sp³-hybridized carbons (Fsp3) is 0.500. The van der Waals surface area contributed by atoms with Gasteiger partial charge < -0.3 is 10.0 Å². The standard InChI is InChI=1S/C14H20N2O4S/c1-10(2)16(9-14(17)18)12-5-3-4-6-13(12)21(19,20)15-11-7-8-11/h3-6,10-11,15H,7-9H2,1-2H3,(H,17,18). The Bertz CT molecular complexity index is 624. The van der Waals surface area contributed by atoms with E-state index in [4.69, 9.17) is 5.11 Å². The summed E-state index contributed by atoms with van der Waals surface area (Å²) in [5.74, 6) is -0.994. The molecule has 0 aliphatic heterocycles. The smallest absolute Gasteiger partial charge is 0.323 e. The van der Waals surface area contributed by atoms with Crippen molar-refractivity contribution in [3.05, 3.63) is 24.3 Å². The number of benzene rings is 1.